The predicted octanol–water partition coefficient (Wildman–Crippen LogP) is 5.49. The van der Waals surface area contributed by atoms with Crippen LogP contribution in [0.2, 0.25) is 0 Å². The van der Waals surface area contributed by atoms with Crippen molar-refractivity contribution in [2.24, 2.45) is 11.8 Å². The molecular formula is C24H30N4. The number of hydrogen-bond acceptors (Lipinski definition) is 3. The van der Waals surface area contributed by atoms with Gasteiger partial charge in [-0.1, -0.05) is 39.3 Å². The first-order valence-corrected chi connectivity index (χ1v) is 10.6. The lowest BCUT2D eigenvalue weighted by Crippen LogP contribution is -2.40. The number of fused-ring (bicyclic) bond motifs is 3. The molecule has 1 fully saturated rings. The molecule has 3 heterocycles. The van der Waals surface area contributed by atoms with Crippen molar-refractivity contribution in [1.29, 1.82) is 5.26 Å². The zero-order valence-corrected chi connectivity index (χ0v) is 17.5. The van der Waals surface area contributed by atoms with Gasteiger partial charge in [-0.05, 0) is 61.3 Å². The van der Waals surface area contributed by atoms with Gasteiger partial charge in [-0.15, -0.1) is 0 Å². The molecule has 4 heteroatoms. The maximum atomic E-state index is 9.96. The largest absolute Gasteiger partial charge is 0.357 e. The lowest BCUT2D eigenvalue weighted by atomic mass is 9.90. The number of hydrogen-bond donors (Lipinski definition) is 0. The first kappa shape index (κ1) is 18.8. The maximum Gasteiger partial charge on any atom is 0.157 e. The van der Waals surface area contributed by atoms with E-state index in [1.54, 1.807) is 0 Å². The Labute approximate surface area is 167 Å². The molecule has 146 valence electrons. The topological polar surface area (TPSA) is 44.3 Å². The second kappa shape index (κ2) is 7.47. The molecule has 1 aliphatic heterocycles. The number of nitrogens with zero attached hydrogens (tertiary/aromatic N) is 4. The van der Waals surface area contributed by atoms with Crippen LogP contribution >= 0.6 is 0 Å². The Hall–Kier alpha value is -2.54. The number of pyridine rings is 1. The Balaban J connectivity index is 2.08. The number of piperidine rings is 1. The van der Waals surface area contributed by atoms with E-state index in [9.17, 15) is 5.26 Å². The quantitative estimate of drug-likeness (QED) is 0.606. The molecule has 4 rings (SSSR count). The van der Waals surface area contributed by atoms with Gasteiger partial charge in [-0.2, -0.15) is 5.26 Å². The molecule has 0 bridgehead atoms. The molecule has 0 saturated carbocycles. The highest BCUT2D eigenvalue weighted by Crippen LogP contribution is 2.36. The second-order valence-electron chi connectivity index (χ2n) is 8.63. The summed E-state index contributed by atoms with van der Waals surface area (Å²) < 4.78 is 2.27. The van der Waals surface area contributed by atoms with Gasteiger partial charge >= 0.3 is 0 Å². The summed E-state index contributed by atoms with van der Waals surface area (Å²) in [6.07, 6.45) is 4.57. The minimum absolute atomic E-state index is 0.670. The van der Waals surface area contributed by atoms with E-state index < -0.39 is 0 Å². The molecule has 0 unspecified atom stereocenters. The number of imidazole rings is 1. The predicted molar refractivity (Wildman–Crippen MR) is 116 cm³/mol. The third-order valence-electron chi connectivity index (χ3n) is 6.15. The SMILES string of the molecule is CCCCc1c(C)c(C#N)c2nc3ccccc3n2c1N1C[C@@H](C)C[C@H](C)C1. The minimum atomic E-state index is 0.670. The third kappa shape index (κ3) is 3.03. The van der Waals surface area contributed by atoms with Gasteiger partial charge in [0.25, 0.3) is 0 Å². The molecule has 28 heavy (non-hydrogen) atoms. The van der Waals surface area contributed by atoms with E-state index in [4.69, 9.17) is 4.98 Å². The second-order valence-corrected chi connectivity index (χ2v) is 8.63. The molecule has 1 aromatic carbocycles. The summed E-state index contributed by atoms with van der Waals surface area (Å²) in [6, 6.07) is 10.7. The van der Waals surface area contributed by atoms with Crippen LogP contribution in [0.25, 0.3) is 16.7 Å². The summed E-state index contributed by atoms with van der Waals surface area (Å²) in [4.78, 5) is 7.44. The summed E-state index contributed by atoms with van der Waals surface area (Å²) in [6.45, 7) is 11.2. The van der Waals surface area contributed by atoms with Gasteiger partial charge < -0.3 is 4.90 Å². The summed E-state index contributed by atoms with van der Waals surface area (Å²) in [5, 5.41) is 9.96. The molecule has 3 aromatic rings. The van der Waals surface area contributed by atoms with E-state index in [2.05, 4.69) is 61.3 Å². The number of anilines is 1. The number of unbranched alkanes of at least 4 members (excludes halogenated alkanes) is 1. The Morgan fingerprint density at radius 2 is 1.89 bits per heavy atom. The van der Waals surface area contributed by atoms with Crippen LogP contribution < -0.4 is 4.90 Å². The number of benzene rings is 1. The van der Waals surface area contributed by atoms with Crippen molar-refractivity contribution in [2.45, 2.75) is 53.4 Å². The fourth-order valence-corrected chi connectivity index (χ4v) is 4.98. The van der Waals surface area contributed by atoms with Gasteiger partial charge in [0.1, 0.15) is 11.9 Å². The molecule has 0 aliphatic carbocycles. The van der Waals surface area contributed by atoms with Crippen LogP contribution in [0.3, 0.4) is 0 Å². The van der Waals surface area contributed by atoms with E-state index in [-0.39, 0.29) is 0 Å². The lowest BCUT2D eigenvalue weighted by Gasteiger charge is -2.38. The summed E-state index contributed by atoms with van der Waals surface area (Å²) in [5.41, 5.74) is 6.04. The van der Waals surface area contributed by atoms with Crippen molar-refractivity contribution in [1.82, 2.24) is 9.38 Å². The van der Waals surface area contributed by atoms with Gasteiger partial charge in [0.05, 0.1) is 16.6 Å². The smallest absolute Gasteiger partial charge is 0.157 e. The molecule has 1 saturated heterocycles. The molecule has 0 N–H and O–H groups in total. The Kier molecular flexibility index (Phi) is 5.02. The van der Waals surface area contributed by atoms with Crippen molar-refractivity contribution in [2.75, 3.05) is 18.0 Å². The van der Waals surface area contributed by atoms with Gasteiger partial charge in [-0.25, -0.2) is 4.98 Å². The molecule has 0 radical (unpaired) electrons. The number of para-hydroxylation sites is 2. The van der Waals surface area contributed by atoms with E-state index in [1.165, 1.54) is 17.8 Å². The lowest BCUT2D eigenvalue weighted by molar-refractivity contribution is 0.354. The highest BCUT2D eigenvalue weighted by Gasteiger charge is 2.28. The number of rotatable bonds is 4. The Morgan fingerprint density at radius 3 is 2.57 bits per heavy atom. The van der Waals surface area contributed by atoms with Crippen molar-refractivity contribution in [3.8, 4) is 6.07 Å². The van der Waals surface area contributed by atoms with Crippen LogP contribution in [0.4, 0.5) is 5.82 Å². The Morgan fingerprint density at radius 1 is 1.18 bits per heavy atom. The van der Waals surface area contributed by atoms with Crippen molar-refractivity contribution >= 4 is 22.5 Å². The fraction of sp³-hybridized carbons (Fsp3) is 0.500. The first-order valence-electron chi connectivity index (χ1n) is 10.6. The van der Waals surface area contributed by atoms with Crippen LogP contribution in [0, 0.1) is 30.1 Å². The first-order chi connectivity index (χ1) is 13.5. The summed E-state index contributed by atoms with van der Waals surface area (Å²) >= 11 is 0. The van der Waals surface area contributed by atoms with E-state index in [1.807, 2.05) is 6.07 Å². The minimum Gasteiger partial charge on any atom is -0.357 e. The van der Waals surface area contributed by atoms with Gasteiger partial charge in [-0.3, -0.25) is 4.40 Å². The van der Waals surface area contributed by atoms with Gasteiger partial charge in [0, 0.05) is 13.1 Å². The summed E-state index contributed by atoms with van der Waals surface area (Å²) in [5.74, 6) is 2.61. The highest BCUT2D eigenvalue weighted by atomic mass is 15.2. The normalized spacial score (nSPS) is 20.0. The van der Waals surface area contributed by atoms with Gasteiger partial charge in [0.2, 0.25) is 0 Å². The summed E-state index contributed by atoms with van der Waals surface area (Å²) in [7, 11) is 0. The van der Waals surface area contributed by atoms with Crippen molar-refractivity contribution in [3.63, 3.8) is 0 Å². The van der Waals surface area contributed by atoms with E-state index in [0.29, 0.717) is 11.8 Å². The average molecular weight is 375 g/mol. The standard InChI is InChI=1S/C24H30N4/c1-5-6-9-19-18(4)20(13-25)23-26-21-10-7-8-11-22(21)28(23)24(19)27-14-16(2)12-17(3)15-27/h7-8,10-11,16-17H,5-6,9,12,14-15H2,1-4H3/t16-,17-/m0/s1. The number of aromatic nitrogens is 2. The van der Waals surface area contributed by atoms with Crippen LogP contribution in [0.1, 0.15) is 56.7 Å². The molecule has 2 atom stereocenters. The molecule has 0 spiro atoms. The molecular weight excluding hydrogens is 344 g/mol. The van der Waals surface area contributed by atoms with Crippen LogP contribution in [-0.4, -0.2) is 22.5 Å². The van der Waals surface area contributed by atoms with Crippen LogP contribution in [-0.2, 0) is 6.42 Å². The monoisotopic (exact) mass is 374 g/mol. The maximum absolute atomic E-state index is 9.96. The zero-order chi connectivity index (χ0) is 19.8. The van der Waals surface area contributed by atoms with E-state index in [0.717, 1.165) is 60.2 Å². The molecule has 4 nitrogen and oxygen atoms in total. The van der Waals surface area contributed by atoms with Gasteiger partial charge in [0.15, 0.2) is 5.65 Å². The highest BCUT2D eigenvalue weighted by molar-refractivity contribution is 5.86. The fourth-order valence-electron chi connectivity index (χ4n) is 4.98. The third-order valence-corrected chi connectivity index (χ3v) is 6.15. The zero-order valence-electron chi connectivity index (χ0n) is 17.5. The van der Waals surface area contributed by atoms with Crippen molar-refractivity contribution < 1.29 is 0 Å². The van der Waals surface area contributed by atoms with Crippen LogP contribution in [0.15, 0.2) is 24.3 Å². The Bertz CT molecular complexity index is 1050. The molecule has 2 aromatic heterocycles. The average Bonchev–Trinajstić information content (AvgIpc) is 3.04. The molecule has 1 aliphatic rings. The van der Waals surface area contributed by atoms with Crippen LogP contribution in [0.5, 0.6) is 0 Å². The van der Waals surface area contributed by atoms with Crippen molar-refractivity contribution in [3.05, 3.63) is 41.0 Å². The van der Waals surface area contributed by atoms with E-state index >= 15 is 0 Å². The molecule has 0 amide bonds. The number of nitriles is 1.